The predicted octanol–water partition coefficient (Wildman–Crippen LogP) is 1.23. The van der Waals surface area contributed by atoms with Crippen LogP contribution in [0.2, 0.25) is 0 Å². The van der Waals surface area contributed by atoms with Crippen LogP contribution in [0.25, 0.3) is 0 Å². The number of carbonyl (C=O) groups excluding carboxylic acids is 1. The average Bonchev–Trinajstić information content (AvgIpc) is 2.99. The molecule has 0 saturated heterocycles. The zero-order chi connectivity index (χ0) is 12.5. The molecule has 17 heavy (non-hydrogen) atoms. The second-order valence-electron chi connectivity index (χ2n) is 5.08. The number of carbonyl (C=O) groups is 1. The average molecular weight is 236 g/mol. The summed E-state index contributed by atoms with van der Waals surface area (Å²) in [5.74, 6) is -0.0233. The number of aliphatic hydroxyl groups is 1. The van der Waals surface area contributed by atoms with Gasteiger partial charge in [0.1, 0.15) is 5.69 Å². The zero-order valence-electron chi connectivity index (χ0n) is 10.5. The Bertz CT molecular complexity index is 419. The third kappa shape index (κ3) is 2.52. The maximum atomic E-state index is 12.0. The molecule has 94 valence electrons. The summed E-state index contributed by atoms with van der Waals surface area (Å²) < 4.78 is 1.89. The fraction of sp³-hybridized carbons (Fsp3) is 0.615. The molecule has 2 rings (SSSR count). The maximum absolute atomic E-state index is 12.0. The summed E-state index contributed by atoms with van der Waals surface area (Å²) in [6.45, 7) is 2.86. The van der Waals surface area contributed by atoms with Crippen LogP contribution in [0, 0.1) is 12.3 Å². The van der Waals surface area contributed by atoms with Crippen LogP contribution < -0.4 is 5.32 Å². The van der Waals surface area contributed by atoms with Gasteiger partial charge in [-0.2, -0.15) is 0 Å². The number of aromatic nitrogens is 1. The lowest BCUT2D eigenvalue weighted by Crippen LogP contribution is -2.31. The van der Waals surface area contributed by atoms with E-state index >= 15 is 0 Å². The molecule has 0 spiro atoms. The third-order valence-corrected chi connectivity index (χ3v) is 3.83. The zero-order valence-corrected chi connectivity index (χ0v) is 10.5. The number of aryl methyl sites for hydroxylation is 1. The molecule has 1 aliphatic carbocycles. The van der Waals surface area contributed by atoms with Crippen molar-refractivity contribution in [2.45, 2.75) is 26.2 Å². The molecule has 0 bridgehead atoms. The van der Waals surface area contributed by atoms with Crippen LogP contribution >= 0.6 is 0 Å². The maximum Gasteiger partial charge on any atom is 0.267 e. The molecular weight excluding hydrogens is 216 g/mol. The summed E-state index contributed by atoms with van der Waals surface area (Å²) >= 11 is 0. The van der Waals surface area contributed by atoms with Crippen LogP contribution in [0.1, 0.15) is 35.4 Å². The second-order valence-corrected chi connectivity index (χ2v) is 5.08. The first-order chi connectivity index (χ1) is 8.08. The minimum atomic E-state index is -0.0233. The van der Waals surface area contributed by atoms with E-state index in [0.29, 0.717) is 12.2 Å². The first-order valence-electron chi connectivity index (χ1n) is 6.09. The largest absolute Gasteiger partial charge is 0.396 e. The molecule has 4 heteroatoms. The molecule has 1 heterocycles. The van der Waals surface area contributed by atoms with Crippen molar-refractivity contribution >= 4 is 5.91 Å². The topological polar surface area (TPSA) is 54.3 Å². The number of nitrogens with one attached hydrogen (secondary N) is 1. The highest BCUT2D eigenvalue weighted by atomic mass is 16.3. The predicted molar refractivity (Wildman–Crippen MR) is 65.9 cm³/mol. The van der Waals surface area contributed by atoms with Crippen molar-refractivity contribution in [1.82, 2.24) is 9.88 Å². The summed E-state index contributed by atoms with van der Waals surface area (Å²) in [5, 5.41) is 11.9. The number of hydrogen-bond donors (Lipinski definition) is 2. The van der Waals surface area contributed by atoms with Crippen LogP contribution in [0.5, 0.6) is 0 Å². The molecule has 1 aliphatic rings. The number of amides is 1. The summed E-state index contributed by atoms with van der Waals surface area (Å²) in [7, 11) is 1.89. The normalized spacial score (nSPS) is 16.9. The lowest BCUT2D eigenvalue weighted by Gasteiger charge is -2.14. The van der Waals surface area contributed by atoms with Gasteiger partial charge in [-0.1, -0.05) is 0 Å². The minimum absolute atomic E-state index is 0.0233. The Labute approximate surface area is 102 Å². The van der Waals surface area contributed by atoms with Crippen molar-refractivity contribution in [2.24, 2.45) is 12.5 Å². The van der Waals surface area contributed by atoms with E-state index in [-0.39, 0.29) is 17.9 Å². The van der Waals surface area contributed by atoms with Crippen LogP contribution in [-0.2, 0) is 7.05 Å². The van der Waals surface area contributed by atoms with Crippen molar-refractivity contribution < 1.29 is 9.90 Å². The fourth-order valence-electron chi connectivity index (χ4n) is 2.13. The molecule has 1 aromatic rings. The van der Waals surface area contributed by atoms with Gasteiger partial charge in [0.2, 0.25) is 0 Å². The molecule has 1 amide bonds. The molecule has 1 aromatic heterocycles. The first kappa shape index (κ1) is 12.2. The Hall–Kier alpha value is -1.29. The highest BCUT2D eigenvalue weighted by Gasteiger charge is 2.41. The van der Waals surface area contributed by atoms with Crippen LogP contribution in [0.4, 0.5) is 0 Å². The third-order valence-electron chi connectivity index (χ3n) is 3.83. The number of aliphatic hydroxyl groups excluding tert-OH is 1. The van der Waals surface area contributed by atoms with Crippen molar-refractivity contribution in [3.8, 4) is 0 Å². The highest BCUT2D eigenvalue weighted by Crippen LogP contribution is 2.47. The molecule has 2 N–H and O–H groups in total. The van der Waals surface area contributed by atoms with Gasteiger partial charge in [-0.3, -0.25) is 4.79 Å². The van der Waals surface area contributed by atoms with E-state index in [0.717, 1.165) is 25.0 Å². The lowest BCUT2D eigenvalue weighted by atomic mass is 10.0. The van der Waals surface area contributed by atoms with Gasteiger partial charge in [0.05, 0.1) is 0 Å². The van der Waals surface area contributed by atoms with E-state index in [1.807, 2.05) is 30.7 Å². The van der Waals surface area contributed by atoms with E-state index in [1.54, 1.807) is 0 Å². The quantitative estimate of drug-likeness (QED) is 0.808. The van der Waals surface area contributed by atoms with E-state index in [4.69, 9.17) is 5.11 Å². The van der Waals surface area contributed by atoms with Gasteiger partial charge in [-0.05, 0) is 43.7 Å². The summed E-state index contributed by atoms with van der Waals surface area (Å²) in [5.41, 5.74) is 1.94. The van der Waals surface area contributed by atoms with Gasteiger partial charge in [0.25, 0.3) is 5.91 Å². The first-order valence-corrected chi connectivity index (χ1v) is 6.09. The van der Waals surface area contributed by atoms with E-state index in [1.165, 1.54) is 0 Å². The SMILES string of the molecule is Cc1ccc(C(=O)NCC2(CCO)CC2)n1C. The molecule has 1 saturated carbocycles. The summed E-state index contributed by atoms with van der Waals surface area (Å²) in [6.07, 6.45) is 3.01. The van der Waals surface area contributed by atoms with Crippen molar-refractivity contribution in [3.63, 3.8) is 0 Å². The molecule has 1 fully saturated rings. The Balaban J connectivity index is 1.92. The number of hydrogen-bond acceptors (Lipinski definition) is 2. The van der Waals surface area contributed by atoms with Gasteiger partial charge in [0.15, 0.2) is 0 Å². The van der Waals surface area contributed by atoms with E-state index in [9.17, 15) is 4.79 Å². The lowest BCUT2D eigenvalue weighted by molar-refractivity contribution is 0.0932. The van der Waals surface area contributed by atoms with Gasteiger partial charge < -0.3 is 15.0 Å². The van der Waals surface area contributed by atoms with Crippen LogP contribution in [0.15, 0.2) is 12.1 Å². The molecule has 0 aromatic carbocycles. The van der Waals surface area contributed by atoms with E-state index < -0.39 is 0 Å². The van der Waals surface area contributed by atoms with Crippen LogP contribution in [0.3, 0.4) is 0 Å². The minimum Gasteiger partial charge on any atom is -0.396 e. The number of rotatable bonds is 5. The Morgan fingerprint density at radius 3 is 2.71 bits per heavy atom. The fourth-order valence-corrected chi connectivity index (χ4v) is 2.13. The molecule has 0 atom stereocenters. The monoisotopic (exact) mass is 236 g/mol. The molecule has 0 radical (unpaired) electrons. The molecule has 0 unspecified atom stereocenters. The molecule has 0 aliphatic heterocycles. The van der Waals surface area contributed by atoms with Gasteiger partial charge >= 0.3 is 0 Å². The summed E-state index contributed by atoms with van der Waals surface area (Å²) in [4.78, 5) is 12.0. The Morgan fingerprint density at radius 1 is 1.53 bits per heavy atom. The van der Waals surface area contributed by atoms with E-state index in [2.05, 4.69) is 5.32 Å². The van der Waals surface area contributed by atoms with Crippen LogP contribution in [-0.4, -0.2) is 28.7 Å². The number of nitrogens with zero attached hydrogens (tertiary/aromatic N) is 1. The Kier molecular flexibility index (Phi) is 3.24. The highest BCUT2D eigenvalue weighted by molar-refractivity contribution is 5.92. The standard InChI is InChI=1S/C13H20N2O2/c1-10-3-4-11(15(10)2)12(17)14-9-13(5-6-13)7-8-16/h3-4,16H,5-9H2,1-2H3,(H,14,17). The Morgan fingerprint density at radius 2 is 2.24 bits per heavy atom. The van der Waals surface area contributed by atoms with Gasteiger partial charge in [0, 0.05) is 25.9 Å². The van der Waals surface area contributed by atoms with Gasteiger partial charge in [-0.15, -0.1) is 0 Å². The molecular formula is C13H20N2O2. The molecule has 4 nitrogen and oxygen atoms in total. The second kappa shape index (κ2) is 4.53. The summed E-state index contributed by atoms with van der Waals surface area (Å²) in [6, 6.07) is 3.78. The smallest absolute Gasteiger partial charge is 0.267 e. The van der Waals surface area contributed by atoms with Gasteiger partial charge in [-0.25, -0.2) is 0 Å². The van der Waals surface area contributed by atoms with Crippen molar-refractivity contribution in [2.75, 3.05) is 13.2 Å². The van der Waals surface area contributed by atoms with Crippen molar-refractivity contribution in [1.29, 1.82) is 0 Å². The van der Waals surface area contributed by atoms with Crippen molar-refractivity contribution in [3.05, 3.63) is 23.5 Å².